The fraction of sp³-hybridized carbons (Fsp3) is 0. The summed E-state index contributed by atoms with van der Waals surface area (Å²) in [5, 5.41) is 0. The smallest absolute Gasteiger partial charge is 0.127 e. The molecule has 5 N–H and O–H groups in total. The Bertz CT molecular complexity index is 223. The van der Waals surface area contributed by atoms with Gasteiger partial charge in [-0.1, -0.05) is 4.32 Å². The van der Waals surface area contributed by atoms with Crippen LogP contribution in [0.25, 0.3) is 0 Å². The average molecular weight is 312 g/mol. The zero-order valence-electron chi connectivity index (χ0n) is 6.29. The molecule has 0 spiro atoms. The van der Waals surface area contributed by atoms with Crippen LogP contribution in [0.5, 0.6) is 0 Å². The molecule has 0 bridgehead atoms. The Labute approximate surface area is 96.3 Å². The van der Waals surface area contributed by atoms with Gasteiger partial charge in [-0.25, -0.2) is 0 Å². The van der Waals surface area contributed by atoms with Gasteiger partial charge >= 0.3 is 0 Å². The van der Waals surface area contributed by atoms with Gasteiger partial charge in [-0.15, -0.1) is 0 Å². The van der Waals surface area contributed by atoms with E-state index in [0.717, 1.165) is 5.69 Å². The van der Waals surface area contributed by atoms with E-state index in [4.69, 9.17) is 0 Å². The molecule has 0 aliphatic heterocycles. The highest BCUT2D eigenvalue weighted by molar-refractivity contribution is 14.1. The van der Waals surface area contributed by atoms with Gasteiger partial charge in [0.05, 0.1) is 0 Å². The van der Waals surface area contributed by atoms with Crippen molar-refractivity contribution < 1.29 is 5.73 Å². The van der Waals surface area contributed by atoms with Crippen molar-refractivity contribution in [3.63, 3.8) is 0 Å². The molecule has 0 atom stereocenters. The molecule has 66 valence electrons. The summed E-state index contributed by atoms with van der Waals surface area (Å²) in [6.07, 6.45) is 0. The summed E-state index contributed by atoms with van der Waals surface area (Å²) < 4.78 is 1.34. The second-order valence-electron chi connectivity index (χ2n) is 1.95. The average Bonchev–Trinajstić information content (AvgIpc) is 1.94. The molecule has 0 heterocycles. The summed E-state index contributed by atoms with van der Waals surface area (Å²) in [5.41, 5.74) is 9.49. The van der Waals surface area contributed by atoms with Gasteiger partial charge in [-0.05, 0) is 46.9 Å². The predicted octanol–water partition coefficient (Wildman–Crippen LogP) is 0.942. The van der Waals surface area contributed by atoms with Gasteiger partial charge in [0, 0.05) is 3.57 Å². The standard InChI is InChI=1S/C6H6IN.CH3NS2/c7-5-1-3-6(8)4-2-5;2-1(3)4/h1-4H,8H2;(H3,2,3,4). The molecule has 0 aliphatic carbocycles. The topological polar surface area (TPSA) is 53.7 Å². The Balaban J connectivity index is 0.000000261. The van der Waals surface area contributed by atoms with Crippen LogP contribution in [0.3, 0.4) is 0 Å². The summed E-state index contributed by atoms with van der Waals surface area (Å²) in [4.78, 5) is 0. The van der Waals surface area contributed by atoms with Crippen molar-refractivity contribution in [3.05, 3.63) is 27.8 Å². The Kier molecular flexibility index (Phi) is 6.54. The third-order valence-electron chi connectivity index (χ3n) is 0.913. The van der Waals surface area contributed by atoms with Gasteiger partial charge in [-0.2, -0.15) is 0 Å². The number of thiocarbonyl (C=S) groups is 1. The minimum atomic E-state index is 0.0833. The lowest BCUT2D eigenvalue weighted by atomic mass is 10.3. The van der Waals surface area contributed by atoms with Crippen molar-refractivity contribution in [1.82, 2.24) is 0 Å². The first-order chi connectivity index (χ1) is 5.52. The van der Waals surface area contributed by atoms with Crippen molar-refractivity contribution >= 4 is 57.4 Å². The molecule has 0 saturated heterocycles. The van der Waals surface area contributed by atoms with Gasteiger partial charge in [-0.3, -0.25) is 0 Å². The van der Waals surface area contributed by atoms with Crippen LogP contribution >= 0.6 is 34.8 Å². The first kappa shape index (κ1) is 12.0. The van der Waals surface area contributed by atoms with Crippen LogP contribution in [0.15, 0.2) is 24.3 Å². The van der Waals surface area contributed by atoms with Gasteiger partial charge in [0.1, 0.15) is 5.69 Å². The van der Waals surface area contributed by atoms with Crippen molar-refractivity contribution in [2.75, 3.05) is 0 Å². The normalized spacial score (nSPS) is 8.17. The van der Waals surface area contributed by atoms with Gasteiger partial charge in [0.15, 0.2) is 0 Å². The number of quaternary nitrogens is 1. The fourth-order valence-corrected chi connectivity index (χ4v) is 0.844. The van der Waals surface area contributed by atoms with Crippen LogP contribution in [0.4, 0.5) is 5.69 Å². The summed E-state index contributed by atoms with van der Waals surface area (Å²) in [6.45, 7) is 0. The molecule has 0 aromatic heterocycles. The second-order valence-corrected chi connectivity index (χ2v) is 4.33. The number of rotatable bonds is 0. The minimum absolute atomic E-state index is 0.0833. The molecule has 0 radical (unpaired) electrons. The van der Waals surface area contributed by atoms with Gasteiger partial charge < -0.3 is 36.3 Å². The number of benzene rings is 1. The Morgan fingerprint density at radius 3 is 2.00 bits per heavy atom. The number of hydrogen-bond acceptors (Lipinski definition) is 2. The van der Waals surface area contributed by atoms with Crippen LogP contribution < -0.4 is 11.5 Å². The first-order valence-electron chi connectivity index (χ1n) is 3.06. The lowest BCUT2D eigenvalue weighted by molar-refractivity contribution is -0.254. The summed E-state index contributed by atoms with van der Waals surface area (Å²) in [7, 11) is 0. The fourth-order valence-electron chi connectivity index (χ4n) is 0.484. The molecule has 0 fully saturated rings. The molecule has 0 amide bonds. The van der Waals surface area contributed by atoms with E-state index in [9.17, 15) is 0 Å². The van der Waals surface area contributed by atoms with Crippen LogP contribution in [0, 0.1) is 3.57 Å². The second kappa shape index (κ2) is 6.53. The largest absolute Gasteiger partial charge is 0.415 e. The summed E-state index contributed by atoms with van der Waals surface area (Å²) >= 11 is 10.5. The van der Waals surface area contributed by atoms with E-state index in [2.05, 4.69) is 58.9 Å². The predicted molar refractivity (Wildman–Crippen MR) is 65.9 cm³/mol. The molecule has 5 heteroatoms. The summed E-state index contributed by atoms with van der Waals surface area (Å²) in [6, 6.07) is 8.09. The van der Waals surface area contributed by atoms with Crippen molar-refractivity contribution in [2.24, 2.45) is 5.73 Å². The van der Waals surface area contributed by atoms with Gasteiger partial charge in [0.25, 0.3) is 0 Å². The third kappa shape index (κ3) is 8.12. The number of hydrogen-bond donors (Lipinski definition) is 2. The van der Waals surface area contributed by atoms with E-state index in [1.807, 2.05) is 24.3 Å². The molecule has 1 rings (SSSR count). The highest BCUT2D eigenvalue weighted by Gasteiger charge is 1.85. The van der Waals surface area contributed by atoms with Crippen LogP contribution in [0.2, 0.25) is 0 Å². The van der Waals surface area contributed by atoms with E-state index in [1.165, 1.54) is 3.57 Å². The molecule has 2 nitrogen and oxygen atoms in total. The molecule has 1 aromatic carbocycles. The minimum Gasteiger partial charge on any atom is -0.415 e. The molecule has 12 heavy (non-hydrogen) atoms. The van der Waals surface area contributed by atoms with Crippen LogP contribution in [-0.2, 0) is 12.6 Å². The van der Waals surface area contributed by atoms with Gasteiger partial charge in [0.2, 0.25) is 0 Å². The molecular formula is C7H9IN2S2. The van der Waals surface area contributed by atoms with E-state index in [-0.39, 0.29) is 4.32 Å². The van der Waals surface area contributed by atoms with E-state index in [1.54, 1.807) is 0 Å². The van der Waals surface area contributed by atoms with E-state index >= 15 is 0 Å². The lowest BCUT2D eigenvalue weighted by Crippen LogP contribution is -2.39. The zero-order valence-corrected chi connectivity index (χ0v) is 10.1. The molecule has 0 saturated carbocycles. The van der Waals surface area contributed by atoms with Crippen molar-refractivity contribution in [2.45, 2.75) is 0 Å². The lowest BCUT2D eigenvalue weighted by Gasteiger charge is -1.85. The maximum atomic E-state index is 4.66. The molecule has 0 unspecified atom stereocenters. The maximum absolute atomic E-state index is 4.66. The zero-order chi connectivity index (χ0) is 9.56. The van der Waals surface area contributed by atoms with Crippen LogP contribution in [0.1, 0.15) is 0 Å². The highest BCUT2D eigenvalue weighted by atomic mass is 127. The van der Waals surface area contributed by atoms with Crippen molar-refractivity contribution in [3.8, 4) is 0 Å². The Hall–Kier alpha value is 0.0200. The first-order valence-corrected chi connectivity index (χ1v) is 4.96. The van der Waals surface area contributed by atoms with Crippen molar-refractivity contribution in [1.29, 1.82) is 0 Å². The Morgan fingerprint density at radius 1 is 1.42 bits per heavy atom. The SMILES string of the molecule is NC(=S)[S-].[NH3+]c1ccc(I)cc1. The summed E-state index contributed by atoms with van der Waals surface area (Å²) in [5.74, 6) is 0. The highest BCUT2D eigenvalue weighted by Crippen LogP contribution is 2.05. The monoisotopic (exact) mass is 312 g/mol. The Morgan fingerprint density at radius 2 is 1.75 bits per heavy atom. The van der Waals surface area contributed by atoms with Crippen LogP contribution in [-0.4, -0.2) is 4.32 Å². The number of nitrogens with two attached hydrogens (primary N) is 1. The van der Waals surface area contributed by atoms with E-state index < -0.39 is 0 Å². The quantitative estimate of drug-likeness (QED) is 0.426. The third-order valence-corrected chi connectivity index (χ3v) is 1.63. The molecule has 0 aliphatic rings. The maximum Gasteiger partial charge on any atom is 0.127 e. The molecular weight excluding hydrogens is 303 g/mol. The number of halogens is 1. The van der Waals surface area contributed by atoms with E-state index in [0.29, 0.717) is 0 Å². The molecule has 1 aromatic rings.